The molecule has 0 aromatic heterocycles. The van der Waals surface area contributed by atoms with Gasteiger partial charge in [0.15, 0.2) is 11.6 Å². The van der Waals surface area contributed by atoms with Crippen molar-refractivity contribution in [2.45, 2.75) is 62.4 Å². The monoisotopic (exact) mass is 508 g/mol. The molecule has 2 aliphatic carbocycles. The van der Waals surface area contributed by atoms with Gasteiger partial charge in [-0.2, -0.15) is 0 Å². The van der Waals surface area contributed by atoms with Gasteiger partial charge in [-0.3, -0.25) is 14.3 Å². The standard InChI is InChI=1S/2C12H14ClNO.FH.Na.H2O/c2*13-10-6-2-1-5-9(10)12(14)8-4-3-7-11(12)15;;;/h2*1-2,5-6H,3-4,7-8,14H2;1H;;1H2/q;;;+1;/p-1/i7D2;;;;. The SMILES string of the molecule is F.NC1(c2ccccc2Cl)CCCCC1=O.[2H]C1([2H])CCCC(N)(c2ccccc2Cl)C1=O.[Na+].[OH-]. The van der Waals surface area contributed by atoms with Gasteiger partial charge in [0.1, 0.15) is 11.1 Å². The van der Waals surface area contributed by atoms with Crippen molar-refractivity contribution < 1.29 is 52.1 Å². The summed E-state index contributed by atoms with van der Waals surface area (Å²) in [6.07, 6.45) is 2.62. The Hall–Kier alpha value is -0.830. The van der Waals surface area contributed by atoms with Crippen molar-refractivity contribution in [1.29, 1.82) is 0 Å². The molecule has 176 valence electrons. The van der Waals surface area contributed by atoms with Crippen LogP contribution in [0.5, 0.6) is 0 Å². The van der Waals surface area contributed by atoms with E-state index in [2.05, 4.69) is 0 Å². The van der Waals surface area contributed by atoms with Crippen molar-refractivity contribution in [2.75, 3.05) is 0 Å². The van der Waals surface area contributed by atoms with Crippen molar-refractivity contribution in [2.24, 2.45) is 11.5 Å². The Kier molecular flexibility index (Phi) is 12.0. The van der Waals surface area contributed by atoms with Crippen LogP contribution in [0.3, 0.4) is 0 Å². The van der Waals surface area contributed by atoms with E-state index in [1.165, 1.54) is 0 Å². The number of carbonyl (C=O) groups is 2. The van der Waals surface area contributed by atoms with Gasteiger partial charge in [-0.15, -0.1) is 0 Å². The van der Waals surface area contributed by atoms with Crippen LogP contribution >= 0.6 is 23.2 Å². The zero-order valence-corrected chi connectivity index (χ0v) is 22.2. The van der Waals surface area contributed by atoms with Crippen molar-refractivity contribution in [3.63, 3.8) is 0 Å². The summed E-state index contributed by atoms with van der Waals surface area (Å²) in [4.78, 5) is 24.0. The van der Waals surface area contributed by atoms with E-state index in [0.29, 0.717) is 41.3 Å². The predicted molar refractivity (Wildman–Crippen MR) is 126 cm³/mol. The smallest absolute Gasteiger partial charge is 0.870 e. The van der Waals surface area contributed by atoms with E-state index in [0.717, 1.165) is 18.4 Å². The molecule has 0 heterocycles. The third-order valence-electron chi connectivity index (χ3n) is 5.87. The molecule has 0 aliphatic heterocycles. The molecule has 5 N–H and O–H groups in total. The minimum Gasteiger partial charge on any atom is -0.870 e. The minimum absolute atomic E-state index is 0. The van der Waals surface area contributed by atoms with Crippen LogP contribution in [0.2, 0.25) is 10.0 Å². The number of halogens is 3. The van der Waals surface area contributed by atoms with Gasteiger partial charge in [0.05, 0.1) is 0 Å². The van der Waals surface area contributed by atoms with Gasteiger partial charge >= 0.3 is 29.6 Å². The zero-order valence-electron chi connectivity index (χ0n) is 20.7. The Morgan fingerprint density at radius 3 is 1.67 bits per heavy atom. The van der Waals surface area contributed by atoms with Gasteiger partial charge in [-0.1, -0.05) is 72.4 Å². The van der Waals surface area contributed by atoms with Crippen molar-refractivity contribution >= 4 is 34.8 Å². The predicted octanol–water partition coefficient (Wildman–Crippen LogP) is 2.25. The fourth-order valence-corrected chi connectivity index (χ4v) is 4.69. The van der Waals surface area contributed by atoms with Crippen LogP contribution in [0.15, 0.2) is 48.5 Å². The van der Waals surface area contributed by atoms with Gasteiger partial charge in [-0.05, 0) is 48.9 Å². The number of nitrogens with two attached hydrogens (primary N) is 2. The summed E-state index contributed by atoms with van der Waals surface area (Å²) < 4.78 is 15.4. The number of ketones is 2. The molecule has 0 spiro atoms. The van der Waals surface area contributed by atoms with E-state index < -0.39 is 23.2 Å². The molecule has 2 aliphatic rings. The molecule has 0 bridgehead atoms. The van der Waals surface area contributed by atoms with E-state index in [1.807, 2.05) is 18.2 Å². The van der Waals surface area contributed by atoms with Crippen LogP contribution in [0.1, 0.15) is 65.2 Å². The Balaban J connectivity index is 0.000000612. The summed E-state index contributed by atoms with van der Waals surface area (Å²) in [7, 11) is 0. The Morgan fingerprint density at radius 1 is 0.758 bits per heavy atom. The fourth-order valence-electron chi connectivity index (χ4n) is 4.08. The largest absolute Gasteiger partial charge is 1.00 e. The topological polar surface area (TPSA) is 116 Å². The number of benzene rings is 2. The molecule has 0 saturated heterocycles. The second kappa shape index (κ2) is 13.9. The van der Waals surface area contributed by atoms with E-state index in [9.17, 15) is 9.59 Å². The molecule has 2 saturated carbocycles. The quantitative estimate of drug-likeness (QED) is 0.603. The fraction of sp³-hybridized carbons (Fsp3) is 0.417. The van der Waals surface area contributed by atoms with Crippen LogP contribution < -0.4 is 41.0 Å². The Morgan fingerprint density at radius 2 is 1.18 bits per heavy atom. The number of hydrogen-bond acceptors (Lipinski definition) is 5. The molecule has 4 rings (SSSR count). The Bertz CT molecular complexity index is 1030. The van der Waals surface area contributed by atoms with E-state index >= 15 is 0 Å². The van der Waals surface area contributed by atoms with Gasteiger partial charge in [0.25, 0.3) is 0 Å². The first-order valence-electron chi connectivity index (χ1n) is 11.2. The molecular formula is C24H30Cl2FN2NaO3. The molecule has 2 aromatic rings. The maximum Gasteiger partial charge on any atom is 1.00 e. The van der Waals surface area contributed by atoms with Crippen molar-refractivity contribution in [3.8, 4) is 0 Å². The van der Waals surface area contributed by atoms with Crippen LogP contribution in [-0.2, 0) is 20.7 Å². The molecular weight excluding hydrogens is 477 g/mol. The average Bonchev–Trinajstić information content (AvgIpc) is 2.75. The number of carbonyl (C=O) groups excluding carboxylic acids is 2. The van der Waals surface area contributed by atoms with E-state index in [-0.39, 0.29) is 51.9 Å². The molecule has 33 heavy (non-hydrogen) atoms. The van der Waals surface area contributed by atoms with Gasteiger partial charge in [0.2, 0.25) is 0 Å². The van der Waals surface area contributed by atoms with Crippen LogP contribution in [0.25, 0.3) is 0 Å². The second-order valence-corrected chi connectivity index (χ2v) is 8.71. The minimum atomic E-state index is -1.85. The Labute approximate surface area is 229 Å². The average molecular weight is 509 g/mol. The van der Waals surface area contributed by atoms with Crippen LogP contribution in [0.4, 0.5) is 4.70 Å². The molecule has 2 aromatic carbocycles. The normalized spacial score (nSPS) is 26.7. The molecule has 0 amide bonds. The third kappa shape index (κ3) is 7.09. The van der Waals surface area contributed by atoms with Gasteiger partial charge in [0, 0.05) is 25.6 Å². The molecule has 5 nitrogen and oxygen atoms in total. The summed E-state index contributed by atoms with van der Waals surface area (Å²) in [6, 6.07) is 14.2. The maximum absolute atomic E-state index is 12.2. The third-order valence-corrected chi connectivity index (χ3v) is 6.53. The van der Waals surface area contributed by atoms with Crippen molar-refractivity contribution in [1.82, 2.24) is 0 Å². The first-order chi connectivity index (χ1) is 15.0. The van der Waals surface area contributed by atoms with Crippen LogP contribution in [0, 0.1) is 0 Å². The molecule has 2 atom stereocenters. The molecule has 2 unspecified atom stereocenters. The first-order valence-corrected chi connectivity index (χ1v) is 10.9. The molecule has 9 heteroatoms. The number of hydrogen-bond donors (Lipinski definition) is 2. The summed E-state index contributed by atoms with van der Waals surface area (Å²) in [5.41, 5.74) is 11.5. The summed E-state index contributed by atoms with van der Waals surface area (Å²) in [5.74, 6) is -0.453. The van der Waals surface area contributed by atoms with E-state index in [4.69, 9.17) is 37.4 Å². The van der Waals surface area contributed by atoms with Gasteiger partial charge in [-0.25, -0.2) is 0 Å². The van der Waals surface area contributed by atoms with Gasteiger partial charge < -0.3 is 16.9 Å². The van der Waals surface area contributed by atoms with Crippen molar-refractivity contribution in [3.05, 3.63) is 69.7 Å². The molecule has 2 fully saturated rings. The van der Waals surface area contributed by atoms with Crippen LogP contribution in [-0.4, -0.2) is 17.0 Å². The zero-order chi connectivity index (χ0) is 23.6. The summed E-state index contributed by atoms with van der Waals surface area (Å²) >= 11 is 12.1. The second-order valence-electron chi connectivity index (χ2n) is 7.89. The summed E-state index contributed by atoms with van der Waals surface area (Å²) in [6.45, 7) is 0. The van der Waals surface area contributed by atoms with E-state index in [1.54, 1.807) is 30.3 Å². The maximum atomic E-state index is 12.2. The first kappa shape index (κ1) is 28.4. The number of rotatable bonds is 2. The number of Topliss-reactive ketones (excluding diaryl/α,β-unsaturated/α-hetero) is 2. The summed E-state index contributed by atoms with van der Waals surface area (Å²) in [5, 5.41) is 1.01. The molecule has 0 radical (unpaired) electrons.